The molecule has 0 radical (unpaired) electrons. The summed E-state index contributed by atoms with van der Waals surface area (Å²) in [4.78, 5) is 0. The Labute approximate surface area is 136 Å². The molecule has 0 aromatic heterocycles. The lowest BCUT2D eigenvalue weighted by atomic mass is 9.73. The first-order chi connectivity index (χ1) is 10.2. The molecule has 2 bridgehead atoms. The number of ether oxygens (including phenoxy) is 1. The van der Waals surface area contributed by atoms with Gasteiger partial charge in [-0.1, -0.05) is 23.3 Å². The number of hydrogen-bond acceptors (Lipinski definition) is 2. The minimum atomic E-state index is -0.411. The van der Waals surface area contributed by atoms with E-state index in [1.54, 1.807) is 0 Å². The van der Waals surface area contributed by atoms with Gasteiger partial charge in [-0.2, -0.15) is 0 Å². The van der Waals surface area contributed by atoms with E-state index in [0.29, 0.717) is 5.92 Å². The minimum Gasteiger partial charge on any atom is -0.390 e. The fourth-order valence-corrected chi connectivity index (χ4v) is 4.00. The fourth-order valence-electron chi connectivity index (χ4n) is 4.00. The predicted molar refractivity (Wildman–Crippen MR) is 92.9 cm³/mol. The van der Waals surface area contributed by atoms with E-state index in [4.69, 9.17) is 4.74 Å². The molecule has 3 atom stereocenters. The van der Waals surface area contributed by atoms with Crippen molar-refractivity contribution < 1.29 is 9.84 Å². The zero-order valence-corrected chi connectivity index (χ0v) is 15.1. The average molecular weight is 306 g/mol. The van der Waals surface area contributed by atoms with Crippen LogP contribution in [-0.4, -0.2) is 22.4 Å². The van der Waals surface area contributed by atoms with Gasteiger partial charge in [-0.15, -0.1) is 0 Å². The minimum absolute atomic E-state index is 0.156. The first-order valence-corrected chi connectivity index (χ1v) is 8.92. The molecule has 2 aliphatic heterocycles. The molecule has 0 aromatic carbocycles. The fraction of sp³-hybridized carbons (Fsp3) is 0.800. The van der Waals surface area contributed by atoms with E-state index in [0.717, 1.165) is 44.9 Å². The molecule has 2 heteroatoms. The van der Waals surface area contributed by atoms with Crippen molar-refractivity contribution in [1.82, 2.24) is 0 Å². The van der Waals surface area contributed by atoms with E-state index in [9.17, 15) is 5.11 Å². The Morgan fingerprint density at radius 2 is 1.68 bits per heavy atom. The van der Waals surface area contributed by atoms with Gasteiger partial charge in [0.1, 0.15) is 0 Å². The van der Waals surface area contributed by atoms with Crippen molar-refractivity contribution >= 4 is 0 Å². The molecule has 1 saturated heterocycles. The lowest BCUT2D eigenvalue weighted by molar-refractivity contribution is -0.243. The van der Waals surface area contributed by atoms with Crippen molar-refractivity contribution in [3.63, 3.8) is 0 Å². The van der Waals surface area contributed by atoms with E-state index in [2.05, 4.69) is 46.8 Å². The van der Waals surface area contributed by atoms with Crippen LogP contribution in [0.2, 0.25) is 0 Å². The van der Waals surface area contributed by atoms with E-state index >= 15 is 0 Å². The molecule has 2 heterocycles. The number of aliphatic hydroxyl groups excluding tert-OH is 1. The molecule has 0 amide bonds. The van der Waals surface area contributed by atoms with Crippen molar-refractivity contribution in [2.24, 2.45) is 5.92 Å². The van der Waals surface area contributed by atoms with Crippen LogP contribution in [0.3, 0.4) is 0 Å². The van der Waals surface area contributed by atoms with Crippen LogP contribution >= 0.6 is 0 Å². The predicted octanol–water partition coefficient (Wildman–Crippen LogP) is 5.17. The van der Waals surface area contributed by atoms with E-state index in [1.807, 2.05) is 0 Å². The average Bonchev–Trinajstić information content (AvgIpc) is 2.40. The van der Waals surface area contributed by atoms with Crippen LogP contribution in [0.15, 0.2) is 23.3 Å². The monoisotopic (exact) mass is 306 g/mol. The highest BCUT2D eigenvalue weighted by atomic mass is 16.5. The highest BCUT2D eigenvalue weighted by molar-refractivity contribution is 5.07. The van der Waals surface area contributed by atoms with Crippen molar-refractivity contribution in [2.45, 2.75) is 96.9 Å². The molecule has 1 fully saturated rings. The van der Waals surface area contributed by atoms with Crippen LogP contribution in [0, 0.1) is 5.92 Å². The molecular weight excluding hydrogens is 272 g/mol. The Morgan fingerprint density at radius 3 is 2.41 bits per heavy atom. The third-order valence-electron chi connectivity index (χ3n) is 5.74. The molecule has 3 rings (SSSR count). The molecular formula is C20H34O2. The molecule has 0 spiro atoms. The number of rotatable bonds is 0. The van der Waals surface area contributed by atoms with Gasteiger partial charge in [0.05, 0.1) is 17.3 Å². The summed E-state index contributed by atoms with van der Waals surface area (Å²) in [5.41, 5.74) is 2.36. The highest BCUT2D eigenvalue weighted by Crippen LogP contribution is 2.44. The number of hydrogen-bond donors (Lipinski definition) is 1. The smallest absolute Gasteiger partial charge is 0.0922 e. The van der Waals surface area contributed by atoms with Gasteiger partial charge in [0.25, 0.3) is 0 Å². The molecule has 1 N–H and O–H groups in total. The van der Waals surface area contributed by atoms with Crippen LogP contribution in [0.25, 0.3) is 0 Å². The summed E-state index contributed by atoms with van der Waals surface area (Å²) in [7, 11) is 0. The largest absolute Gasteiger partial charge is 0.390 e. The van der Waals surface area contributed by atoms with Gasteiger partial charge in [0.15, 0.2) is 0 Å². The zero-order valence-electron chi connectivity index (χ0n) is 15.1. The number of aliphatic hydroxyl groups is 1. The van der Waals surface area contributed by atoms with Crippen LogP contribution < -0.4 is 0 Å². The number of allylic oxidation sites excluding steroid dienone is 4. The second-order valence-corrected chi connectivity index (χ2v) is 8.18. The van der Waals surface area contributed by atoms with Crippen LogP contribution in [0.4, 0.5) is 0 Å². The first-order valence-electron chi connectivity index (χ1n) is 8.92. The van der Waals surface area contributed by atoms with Gasteiger partial charge >= 0.3 is 0 Å². The van der Waals surface area contributed by atoms with Crippen molar-refractivity contribution in [1.29, 1.82) is 0 Å². The number of fused-ring (bicyclic) bond motifs is 9. The van der Waals surface area contributed by atoms with E-state index in [1.165, 1.54) is 11.1 Å². The van der Waals surface area contributed by atoms with Gasteiger partial charge in [0.2, 0.25) is 0 Å². The topological polar surface area (TPSA) is 29.5 Å². The highest BCUT2D eigenvalue weighted by Gasteiger charge is 2.48. The normalized spacial score (nSPS) is 41.9. The Kier molecular flexibility index (Phi) is 5.55. The van der Waals surface area contributed by atoms with Crippen LogP contribution in [-0.2, 0) is 4.74 Å². The second kappa shape index (κ2) is 6.88. The van der Waals surface area contributed by atoms with Gasteiger partial charge in [-0.05, 0) is 85.5 Å². The Morgan fingerprint density at radius 1 is 1.05 bits per heavy atom. The standard InChI is InChI=1S/C20H34O2/c1-15-8-6-9-16(2)11-12-17-14-18(21)20(5,13-7-10-15)22-19(17,3)4/h9-10,17-18,21H,6-8,11-14H2,1-5H3/b15-10+,16-9+/t17-,18+,20-/m1/s1. The summed E-state index contributed by atoms with van der Waals surface area (Å²) >= 11 is 0. The summed E-state index contributed by atoms with van der Waals surface area (Å²) in [6, 6.07) is 0. The summed E-state index contributed by atoms with van der Waals surface area (Å²) < 4.78 is 6.45. The maximum Gasteiger partial charge on any atom is 0.0922 e. The Hall–Kier alpha value is -0.600. The molecule has 22 heavy (non-hydrogen) atoms. The van der Waals surface area contributed by atoms with Crippen LogP contribution in [0.5, 0.6) is 0 Å². The second-order valence-electron chi connectivity index (χ2n) is 8.18. The maximum absolute atomic E-state index is 10.7. The molecule has 0 saturated carbocycles. The zero-order chi connectivity index (χ0) is 16.4. The van der Waals surface area contributed by atoms with Crippen molar-refractivity contribution in [3.8, 4) is 0 Å². The molecule has 126 valence electrons. The van der Waals surface area contributed by atoms with Crippen molar-refractivity contribution in [2.75, 3.05) is 0 Å². The Balaban J connectivity index is 2.23. The quantitative estimate of drug-likeness (QED) is 0.626. The first kappa shape index (κ1) is 17.7. The lowest BCUT2D eigenvalue weighted by Crippen LogP contribution is -2.56. The van der Waals surface area contributed by atoms with Gasteiger partial charge in [-0.25, -0.2) is 0 Å². The van der Waals surface area contributed by atoms with E-state index in [-0.39, 0.29) is 11.7 Å². The molecule has 1 aliphatic carbocycles. The summed E-state index contributed by atoms with van der Waals surface area (Å²) in [5, 5.41) is 10.7. The lowest BCUT2D eigenvalue weighted by Gasteiger charge is -2.51. The van der Waals surface area contributed by atoms with Gasteiger partial charge < -0.3 is 9.84 Å². The molecule has 2 nitrogen and oxygen atoms in total. The summed E-state index contributed by atoms with van der Waals surface area (Å²) in [6.07, 6.45) is 11.6. The van der Waals surface area contributed by atoms with Crippen LogP contribution in [0.1, 0.15) is 79.6 Å². The maximum atomic E-state index is 10.7. The summed E-state index contributed by atoms with van der Waals surface area (Å²) in [5.74, 6) is 0.430. The van der Waals surface area contributed by atoms with E-state index < -0.39 is 5.60 Å². The third kappa shape index (κ3) is 4.23. The van der Waals surface area contributed by atoms with Gasteiger partial charge in [-0.3, -0.25) is 0 Å². The third-order valence-corrected chi connectivity index (χ3v) is 5.74. The van der Waals surface area contributed by atoms with Crippen molar-refractivity contribution in [3.05, 3.63) is 23.3 Å². The molecule has 3 aliphatic rings. The Bertz CT molecular complexity index is 447. The molecule has 0 aromatic rings. The molecule has 0 unspecified atom stereocenters. The van der Waals surface area contributed by atoms with Gasteiger partial charge in [0, 0.05) is 0 Å². The summed E-state index contributed by atoms with van der Waals surface area (Å²) in [6.45, 7) is 11.0. The SMILES string of the molecule is C/C1=C\CC[C@@]2(C)OC(C)(C)[C@H](CC/C(C)=C/CC1)C[C@@H]2O.